The normalized spacial score (nSPS) is 10.8. The van der Waals surface area contributed by atoms with Gasteiger partial charge in [-0.25, -0.2) is 0 Å². The average molecular weight is 297 g/mol. The smallest absolute Gasteiger partial charge is 0.251 e. The third-order valence-corrected chi connectivity index (χ3v) is 3.60. The Kier molecular flexibility index (Phi) is 7.45. The number of halogens is 1. The Labute approximate surface area is 126 Å². The highest BCUT2D eigenvalue weighted by atomic mass is 35.5. The molecule has 20 heavy (non-hydrogen) atoms. The maximum absolute atomic E-state index is 11.9. The minimum atomic E-state index is -0.0875. The molecular formula is C16H25ClN2O. The van der Waals surface area contributed by atoms with Crippen LogP contribution in [0.1, 0.15) is 56.3 Å². The highest BCUT2D eigenvalue weighted by molar-refractivity contribution is 6.33. The number of unbranched alkanes of at least 4 members (excludes halogenated alkanes) is 3. The van der Waals surface area contributed by atoms with Gasteiger partial charge in [0.1, 0.15) is 0 Å². The zero-order valence-electron chi connectivity index (χ0n) is 12.4. The summed E-state index contributed by atoms with van der Waals surface area (Å²) < 4.78 is 0. The second-order valence-electron chi connectivity index (χ2n) is 5.59. The highest BCUT2D eigenvalue weighted by Gasteiger charge is 2.06. The van der Waals surface area contributed by atoms with Crippen molar-refractivity contribution in [3.05, 3.63) is 28.8 Å². The first-order chi connectivity index (χ1) is 9.50. The largest absolute Gasteiger partial charge is 0.398 e. The van der Waals surface area contributed by atoms with E-state index in [0.29, 0.717) is 22.8 Å². The first-order valence-corrected chi connectivity index (χ1v) is 7.71. The van der Waals surface area contributed by atoms with Crippen molar-refractivity contribution in [2.24, 2.45) is 5.92 Å². The predicted molar refractivity (Wildman–Crippen MR) is 86.1 cm³/mol. The summed E-state index contributed by atoms with van der Waals surface area (Å²) in [5, 5.41) is 3.39. The van der Waals surface area contributed by atoms with Crippen LogP contribution in [0.15, 0.2) is 18.2 Å². The van der Waals surface area contributed by atoms with E-state index in [2.05, 4.69) is 19.2 Å². The Morgan fingerprint density at radius 2 is 1.95 bits per heavy atom. The summed E-state index contributed by atoms with van der Waals surface area (Å²) in [5.74, 6) is 0.695. The number of nitrogens with two attached hydrogens (primary N) is 1. The zero-order valence-corrected chi connectivity index (χ0v) is 13.2. The standard InChI is InChI=1S/C16H25ClN2O/c1-12(2)7-5-3-4-6-10-19-16(20)13-8-9-14(17)15(18)11-13/h8-9,11-12H,3-7,10,18H2,1-2H3,(H,19,20). The number of carbonyl (C=O) groups excluding carboxylic acids is 1. The summed E-state index contributed by atoms with van der Waals surface area (Å²) in [7, 11) is 0. The Morgan fingerprint density at radius 3 is 2.60 bits per heavy atom. The molecule has 1 aromatic carbocycles. The molecule has 0 atom stereocenters. The number of hydrogen-bond donors (Lipinski definition) is 2. The van der Waals surface area contributed by atoms with E-state index in [4.69, 9.17) is 17.3 Å². The van der Waals surface area contributed by atoms with E-state index in [0.717, 1.165) is 18.8 Å². The van der Waals surface area contributed by atoms with Crippen molar-refractivity contribution in [1.29, 1.82) is 0 Å². The molecule has 0 radical (unpaired) electrons. The van der Waals surface area contributed by atoms with Gasteiger partial charge in [0.2, 0.25) is 0 Å². The van der Waals surface area contributed by atoms with Crippen molar-refractivity contribution < 1.29 is 4.79 Å². The molecule has 0 aliphatic heterocycles. The van der Waals surface area contributed by atoms with E-state index in [9.17, 15) is 4.79 Å². The molecule has 3 N–H and O–H groups in total. The third kappa shape index (κ3) is 6.29. The van der Waals surface area contributed by atoms with E-state index in [1.54, 1.807) is 18.2 Å². The van der Waals surface area contributed by atoms with Crippen molar-refractivity contribution in [2.75, 3.05) is 12.3 Å². The van der Waals surface area contributed by atoms with Gasteiger partial charge >= 0.3 is 0 Å². The monoisotopic (exact) mass is 296 g/mol. The number of carbonyl (C=O) groups is 1. The number of amides is 1. The van der Waals surface area contributed by atoms with Crippen LogP contribution in [0.4, 0.5) is 5.69 Å². The van der Waals surface area contributed by atoms with Gasteiger partial charge in [0.25, 0.3) is 5.91 Å². The fraction of sp³-hybridized carbons (Fsp3) is 0.562. The zero-order chi connectivity index (χ0) is 15.0. The van der Waals surface area contributed by atoms with Gasteiger partial charge in [-0.05, 0) is 30.5 Å². The van der Waals surface area contributed by atoms with Gasteiger partial charge in [-0.3, -0.25) is 4.79 Å². The van der Waals surface area contributed by atoms with Gasteiger partial charge in [-0.15, -0.1) is 0 Å². The van der Waals surface area contributed by atoms with Crippen LogP contribution in [0.2, 0.25) is 5.02 Å². The van der Waals surface area contributed by atoms with Gasteiger partial charge < -0.3 is 11.1 Å². The summed E-state index contributed by atoms with van der Waals surface area (Å²) in [5.41, 5.74) is 6.68. The minimum absolute atomic E-state index is 0.0875. The molecule has 0 aliphatic rings. The Bertz CT molecular complexity index is 432. The molecule has 1 aromatic rings. The van der Waals surface area contributed by atoms with E-state index in [-0.39, 0.29) is 5.91 Å². The van der Waals surface area contributed by atoms with Crippen LogP contribution in [0.5, 0.6) is 0 Å². The molecule has 0 aliphatic carbocycles. The molecule has 0 unspecified atom stereocenters. The molecule has 112 valence electrons. The van der Waals surface area contributed by atoms with E-state index in [1.807, 2.05) is 0 Å². The van der Waals surface area contributed by atoms with Gasteiger partial charge in [0.05, 0.1) is 10.7 Å². The summed E-state index contributed by atoms with van der Waals surface area (Å²) in [4.78, 5) is 11.9. The van der Waals surface area contributed by atoms with Gasteiger partial charge in [-0.2, -0.15) is 0 Å². The number of nitrogens with one attached hydrogen (secondary N) is 1. The molecule has 0 saturated heterocycles. The molecule has 0 saturated carbocycles. The lowest BCUT2D eigenvalue weighted by Gasteiger charge is -2.07. The van der Waals surface area contributed by atoms with Gasteiger partial charge in [0.15, 0.2) is 0 Å². The molecule has 1 amide bonds. The van der Waals surface area contributed by atoms with E-state index < -0.39 is 0 Å². The fourth-order valence-electron chi connectivity index (χ4n) is 2.02. The SMILES string of the molecule is CC(C)CCCCCCNC(=O)c1ccc(Cl)c(N)c1. The van der Waals surface area contributed by atoms with Crippen LogP contribution in [-0.2, 0) is 0 Å². The second-order valence-corrected chi connectivity index (χ2v) is 6.00. The molecular weight excluding hydrogens is 272 g/mol. The van der Waals surface area contributed by atoms with Crippen LogP contribution in [0.3, 0.4) is 0 Å². The van der Waals surface area contributed by atoms with Crippen LogP contribution >= 0.6 is 11.6 Å². The van der Waals surface area contributed by atoms with Gasteiger partial charge in [-0.1, -0.05) is 51.1 Å². The Balaban J connectivity index is 2.18. The van der Waals surface area contributed by atoms with Crippen LogP contribution < -0.4 is 11.1 Å². The van der Waals surface area contributed by atoms with E-state index >= 15 is 0 Å². The quantitative estimate of drug-likeness (QED) is 0.556. The molecule has 4 heteroatoms. The summed E-state index contributed by atoms with van der Waals surface area (Å²) in [6.45, 7) is 5.21. The third-order valence-electron chi connectivity index (χ3n) is 3.25. The van der Waals surface area contributed by atoms with Crippen LogP contribution in [-0.4, -0.2) is 12.5 Å². The predicted octanol–water partition coefficient (Wildman–Crippen LogP) is 4.26. The number of nitrogen functional groups attached to an aromatic ring is 1. The van der Waals surface area contributed by atoms with Crippen molar-refractivity contribution in [3.8, 4) is 0 Å². The lowest BCUT2D eigenvalue weighted by Crippen LogP contribution is -2.24. The maximum Gasteiger partial charge on any atom is 0.251 e. The first kappa shape index (κ1) is 16.8. The van der Waals surface area contributed by atoms with Crippen molar-refractivity contribution >= 4 is 23.2 Å². The molecule has 0 spiro atoms. The molecule has 0 fully saturated rings. The molecule has 0 aromatic heterocycles. The lowest BCUT2D eigenvalue weighted by molar-refractivity contribution is 0.0953. The summed E-state index contributed by atoms with van der Waals surface area (Å²) in [6.07, 6.45) is 5.99. The van der Waals surface area contributed by atoms with Gasteiger partial charge in [0, 0.05) is 12.1 Å². The van der Waals surface area contributed by atoms with Crippen LogP contribution in [0, 0.1) is 5.92 Å². The topological polar surface area (TPSA) is 55.1 Å². The van der Waals surface area contributed by atoms with Crippen molar-refractivity contribution in [3.63, 3.8) is 0 Å². The Hall–Kier alpha value is -1.22. The summed E-state index contributed by atoms with van der Waals surface area (Å²) >= 11 is 5.83. The minimum Gasteiger partial charge on any atom is -0.398 e. The molecule has 1 rings (SSSR count). The lowest BCUT2D eigenvalue weighted by atomic mass is 10.0. The van der Waals surface area contributed by atoms with Crippen molar-refractivity contribution in [1.82, 2.24) is 5.32 Å². The second kappa shape index (κ2) is 8.85. The number of rotatable bonds is 8. The highest BCUT2D eigenvalue weighted by Crippen LogP contribution is 2.19. The number of anilines is 1. The molecule has 0 bridgehead atoms. The summed E-state index contributed by atoms with van der Waals surface area (Å²) in [6, 6.07) is 4.95. The first-order valence-electron chi connectivity index (χ1n) is 7.34. The van der Waals surface area contributed by atoms with E-state index in [1.165, 1.54) is 19.3 Å². The van der Waals surface area contributed by atoms with Crippen LogP contribution in [0.25, 0.3) is 0 Å². The average Bonchev–Trinajstić information content (AvgIpc) is 2.40. The maximum atomic E-state index is 11.9. The number of hydrogen-bond acceptors (Lipinski definition) is 2. The molecule has 0 heterocycles. The van der Waals surface area contributed by atoms with Crippen molar-refractivity contribution in [2.45, 2.75) is 46.0 Å². The Morgan fingerprint density at radius 1 is 1.25 bits per heavy atom. The molecule has 3 nitrogen and oxygen atoms in total. The fourth-order valence-corrected chi connectivity index (χ4v) is 2.14. The number of benzene rings is 1.